The van der Waals surface area contributed by atoms with Crippen molar-refractivity contribution in [2.45, 2.75) is 72.0 Å². The molecule has 1 atom stereocenters. The summed E-state index contributed by atoms with van der Waals surface area (Å²) in [5.74, 6) is -0.480. The molecule has 7 nitrogen and oxygen atoms in total. The van der Waals surface area contributed by atoms with E-state index in [1.165, 1.54) is 10.6 Å². The second-order valence-electron chi connectivity index (χ2n) is 11.8. The van der Waals surface area contributed by atoms with E-state index in [9.17, 15) is 18.0 Å². The summed E-state index contributed by atoms with van der Waals surface area (Å²) in [5.41, 5.74) is 3.66. The maximum absolute atomic E-state index is 14.0. The predicted molar refractivity (Wildman–Crippen MR) is 171 cm³/mol. The second-order valence-corrected chi connectivity index (χ2v) is 14.2. The highest BCUT2D eigenvalue weighted by atomic mass is 35.5. The van der Waals surface area contributed by atoms with Crippen molar-refractivity contribution in [2.75, 3.05) is 17.1 Å². The summed E-state index contributed by atoms with van der Waals surface area (Å²) >= 11 is 6.11. The normalized spacial score (nSPS) is 12.5. The lowest BCUT2D eigenvalue weighted by atomic mass is 10.00. The van der Waals surface area contributed by atoms with Gasteiger partial charge in [-0.2, -0.15) is 0 Å². The van der Waals surface area contributed by atoms with Gasteiger partial charge in [-0.15, -0.1) is 0 Å². The molecule has 42 heavy (non-hydrogen) atoms. The van der Waals surface area contributed by atoms with Crippen molar-refractivity contribution < 1.29 is 18.0 Å². The maximum Gasteiger partial charge on any atom is 0.243 e. The lowest BCUT2D eigenvalue weighted by Gasteiger charge is -2.34. The van der Waals surface area contributed by atoms with Crippen LogP contribution in [-0.2, 0) is 32.6 Å². The number of aryl methyl sites for hydroxylation is 2. The highest BCUT2D eigenvalue weighted by Crippen LogP contribution is 2.25. The van der Waals surface area contributed by atoms with Crippen molar-refractivity contribution in [3.05, 3.63) is 100 Å². The first kappa shape index (κ1) is 33.1. The zero-order valence-electron chi connectivity index (χ0n) is 25.4. The van der Waals surface area contributed by atoms with Gasteiger partial charge in [-0.1, -0.05) is 66.2 Å². The van der Waals surface area contributed by atoms with E-state index >= 15 is 0 Å². The first-order valence-corrected chi connectivity index (χ1v) is 16.3. The van der Waals surface area contributed by atoms with Crippen LogP contribution in [0.5, 0.6) is 0 Å². The second kappa shape index (κ2) is 14.2. The third kappa shape index (κ3) is 9.88. The number of carbonyl (C=O) groups is 2. The first-order valence-electron chi connectivity index (χ1n) is 14.1. The number of halogens is 1. The maximum atomic E-state index is 14.0. The number of amides is 2. The van der Waals surface area contributed by atoms with Gasteiger partial charge in [-0.25, -0.2) is 8.42 Å². The molecule has 3 rings (SSSR count). The van der Waals surface area contributed by atoms with Crippen molar-refractivity contribution in [1.29, 1.82) is 0 Å². The van der Waals surface area contributed by atoms with Gasteiger partial charge in [0, 0.05) is 36.5 Å². The van der Waals surface area contributed by atoms with Crippen LogP contribution in [0.3, 0.4) is 0 Å². The molecule has 0 saturated heterocycles. The molecule has 2 amide bonds. The lowest BCUT2D eigenvalue weighted by Crippen LogP contribution is -2.54. The van der Waals surface area contributed by atoms with Gasteiger partial charge in [0.1, 0.15) is 6.04 Å². The van der Waals surface area contributed by atoms with Crippen LogP contribution in [0.25, 0.3) is 0 Å². The van der Waals surface area contributed by atoms with E-state index in [2.05, 4.69) is 5.32 Å². The third-order valence-corrected chi connectivity index (χ3v) is 8.25. The molecular formula is C33H42ClN3O4S. The van der Waals surface area contributed by atoms with Crippen LogP contribution in [0.2, 0.25) is 5.02 Å². The molecule has 3 aromatic carbocycles. The van der Waals surface area contributed by atoms with Crippen LogP contribution in [0.4, 0.5) is 5.69 Å². The Morgan fingerprint density at radius 1 is 0.929 bits per heavy atom. The number of carbonyl (C=O) groups excluding carboxylic acids is 2. The number of anilines is 1. The molecule has 0 fully saturated rings. The third-order valence-electron chi connectivity index (χ3n) is 6.82. The standard InChI is InChI=1S/C33H42ClN3O4S/c1-24-14-15-25(2)29(21-24)37(42(6,40)41)20-10-13-31(38)36(23-27-16-18-28(34)19-17-27)30(32(39)35-33(3,4)5)22-26-11-8-7-9-12-26/h7-9,11-12,14-19,21,30H,10,13,20,22-23H2,1-6H3,(H,35,39). The molecule has 0 aromatic heterocycles. The molecule has 0 aliphatic rings. The van der Waals surface area contributed by atoms with Crippen LogP contribution in [0.1, 0.15) is 55.9 Å². The smallest absolute Gasteiger partial charge is 0.243 e. The fourth-order valence-corrected chi connectivity index (χ4v) is 5.90. The Balaban J connectivity index is 1.92. The minimum absolute atomic E-state index is 0.0680. The van der Waals surface area contributed by atoms with E-state index < -0.39 is 21.6 Å². The minimum Gasteiger partial charge on any atom is -0.350 e. The van der Waals surface area contributed by atoms with Gasteiger partial charge in [0.05, 0.1) is 11.9 Å². The van der Waals surface area contributed by atoms with E-state index in [1.807, 2.05) is 95.3 Å². The quantitative estimate of drug-likeness (QED) is 0.270. The molecule has 0 aliphatic heterocycles. The number of hydrogen-bond acceptors (Lipinski definition) is 4. The zero-order valence-corrected chi connectivity index (χ0v) is 26.9. The van der Waals surface area contributed by atoms with Crippen molar-refractivity contribution >= 4 is 39.1 Å². The van der Waals surface area contributed by atoms with Crippen molar-refractivity contribution in [3.8, 4) is 0 Å². The SMILES string of the molecule is Cc1ccc(C)c(N(CCCC(=O)N(Cc2ccc(Cl)cc2)C(Cc2ccccc2)C(=O)NC(C)(C)C)S(C)(=O)=O)c1. The molecule has 3 aromatic rings. The Morgan fingerprint density at radius 2 is 1.57 bits per heavy atom. The van der Waals surface area contributed by atoms with E-state index in [0.717, 1.165) is 22.3 Å². The number of hydrogen-bond donors (Lipinski definition) is 1. The monoisotopic (exact) mass is 611 g/mol. The van der Waals surface area contributed by atoms with E-state index in [4.69, 9.17) is 11.6 Å². The van der Waals surface area contributed by atoms with E-state index in [1.54, 1.807) is 17.0 Å². The highest BCUT2D eigenvalue weighted by Gasteiger charge is 2.32. The molecule has 0 spiro atoms. The number of sulfonamides is 1. The molecule has 1 N–H and O–H groups in total. The summed E-state index contributed by atoms with van der Waals surface area (Å²) in [7, 11) is -3.59. The average Bonchev–Trinajstić information content (AvgIpc) is 2.90. The topological polar surface area (TPSA) is 86.8 Å². The molecule has 226 valence electrons. The van der Waals surface area contributed by atoms with Crippen LogP contribution in [0.15, 0.2) is 72.8 Å². The van der Waals surface area contributed by atoms with E-state index in [-0.39, 0.29) is 37.7 Å². The lowest BCUT2D eigenvalue weighted by molar-refractivity contribution is -0.142. The number of nitrogens with zero attached hydrogens (tertiary/aromatic N) is 2. The number of benzene rings is 3. The number of rotatable bonds is 12. The van der Waals surface area contributed by atoms with Gasteiger partial charge >= 0.3 is 0 Å². The van der Waals surface area contributed by atoms with Crippen molar-refractivity contribution in [1.82, 2.24) is 10.2 Å². The molecule has 1 unspecified atom stereocenters. The van der Waals surface area contributed by atoms with Gasteiger partial charge in [0.25, 0.3) is 0 Å². The Labute approximate surface area is 255 Å². The average molecular weight is 612 g/mol. The van der Waals surface area contributed by atoms with Crippen molar-refractivity contribution in [3.63, 3.8) is 0 Å². The Kier molecular flexibility index (Phi) is 11.2. The Hall–Kier alpha value is -3.36. The summed E-state index contributed by atoms with van der Waals surface area (Å²) in [4.78, 5) is 29.3. The molecule has 0 aliphatic carbocycles. The largest absolute Gasteiger partial charge is 0.350 e. The Bertz CT molecular complexity index is 1470. The summed E-state index contributed by atoms with van der Waals surface area (Å²) in [6.45, 7) is 9.85. The van der Waals surface area contributed by atoms with E-state index in [0.29, 0.717) is 17.1 Å². The molecule has 0 bridgehead atoms. The Morgan fingerprint density at radius 3 is 2.17 bits per heavy atom. The highest BCUT2D eigenvalue weighted by molar-refractivity contribution is 7.92. The van der Waals surface area contributed by atoms with Gasteiger partial charge in [-0.05, 0) is 81.5 Å². The molecule has 0 heterocycles. The minimum atomic E-state index is -3.59. The van der Waals surface area contributed by atoms with Crippen LogP contribution < -0.4 is 9.62 Å². The van der Waals surface area contributed by atoms with Crippen LogP contribution >= 0.6 is 11.6 Å². The zero-order chi connectivity index (χ0) is 31.1. The summed E-state index contributed by atoms with van der Waals surface area (Å²) in [5, 5.41) is 3.63. The fraction of sp³-hybridized carbons (Fsp3) is 0.394. The number of nitrogens with one attached hydrogen (secondary N) is 1. The van der Waals surface area contributed by atoms with Gasteiger partial charge in [0.2, 0.25) is 21.8 Å². The van der Waals surface area contributed by atoms with Gasteiger partial charge in [-0.3, -0.25) is 13.9 Å². The molecule has 0 saturated carbocycles. The molecule has 9 heteroatoms. The van der Waals surface area contributed by atoms with Crippen molar-refractivity contribution in [2.24, 2.45) is 0 Å². The van der Waals surface area contributed by atoms with Gasteiger partial charge < -0.3 is 10.2 Å². The predicted octanol–water partition coefficient (Wildman–Crippen LogP) is 6.06. The molecular weight excluding hydrogens is 570 g/mol. The fourth-order valence-electron chi connectivity index (χ4n) is 4.76. The van der Waals surface area contributed by atoms with Crippen LogP contribution in [-0.4, -0.2) is 49.5 Å². The summed E-state index contributed by atoms with van der Waals surface area (Å²) < 4.78 is 26.9. The van der Waals surface area contributed by atoms with Gasteiger partial charge in [0.15, 0.2) is 0 Å². The summed E-state index contributed by atoms with van der Waals surface area (Å²) in [6.07, 6.45) is 1.87. The summed E-state index contributed by atoms with van der Waals surface area (Å²) in [6, 6.07) is 21.7. The first-order chi connectivity index (χ1) is 19.6. The van der Waals surface area contributed by atoms with Crippen LogP contribution in [0, 0.1) is 13.8 Å². The molecule has 0 radical (unpaired) electrons.